The Morgan fingerprint density at radius 3 is 2.19 bits per heavy atom. The number of fused-ring (bicyclic) bond motifs is 1. The predicted molar refractivity (Wildman–Crippen MR) is 121 cm³/mol. The van der Waals surface area contributed by atoms with E-state index in [-0.39, 0.29) is 16.4 Å². The van der Waals surface area contributed by atoms with E-state index in [0.29, 0.717) is 5.92 Å². The van der Waals surface area contributed by atoms with Gasteiger partial charge >= 0.3 is 0 Å². The van der Waals surface area contributed by atoms with Crippen molar-refractivity contribution in [3.63, 3.8) is 0 Å². The van der Waals surface area contributed by atoms with Crippen molar-refractivity contribution in [2.75, 3.05) is 6.54 Å². The minimum absolute atomic E-state index is 0.0797. The summed E-state index contributed by atoms with van der Waals surface area (Å²) >= 11 is 0. The standard InChI is InChI=1S/C23H37NO.C2H6/c1-9-12-23(7,8)18(16-24-21(2,3)4)20-15-17-10-13-22(5,6)14-11-19(17)25-20;1-2/h10-11,13-15,18,24H,9,12,16H2,1-8H3;1-2H3. The number of nitrogens with one attached hydrogen (secondary N) is 1. The highest BCUT2D eigenvalue weighted by Crippen LogP contribution is 2.42. The molecule has 0 bridgehead atoms. The van der Waals surface area contributed by atoms with Crippen molar-refractivity contribution in [1.82, 2.24) is 5.32 Å². The molecule has 1 aromatic rings. The molecule has 0 aliphatic heterocycles. The van der Waals surface area contributed by atoms with Gasteiger partial charge in [-0.2, -0.15) is 0 Å². The minimum Gasteiger partial charge on any atom is -0.461 e. The number of furan rings is 1. The molecule has 1 unspecified atom stereocenters. The van der Waals surface area contributed by atoms with E-state index in [9.17, 15) is 0 Å². The molecule has 1 aliphatic rings. The third-order valence-corrected chi connectivity index (χ3v) is 5.18. The summed E-state index contributed by atoms with van der Waals surface area (Å²) in [6.45, 7) is 23.0. The molecule has 1 heterocycles. The molecule has 1 N–H and O–H groups in total. The van der Waals surface area contributed by atoms with E-state index >= 15 is 0 Å². The van der Waals surface area contributed by atoms with Crippen LogP contribution in [-0.4, -0.2) is 12.1 Å². The monoisotopic (exact) mass is 373 g/mol. The lowest BCUT2D eigenvalue weighted by molar-refractivity contribution is 0.213. The normalized spacial score (nSPS) is 17.0. The van der Waals surface area contributed by atoms with E-state index in [1.807, 2.05) is 13.8 Å². The molecule has 0 amide bonds. The van der Waals surface area contributed by atoms with Crippen molar-refractivity contribution in [1.29, 1.82) is 0 Å². The Bertz CT molecular complexity index is 604. The van der Waals surface area contributed by atoms with Crippen LogP contribution in [0.2, 0.25) is 0 Å². The fourth-order valence-electron chi connectivity index (χ4n) is 3.51. The topological polar surface area (TPSA) is 25.2 Å². The Balaban J connectivity index is 0.00000176. The van der Waals surface area contributed by atoms with E-state index in [4.69, 9.17) is 4.42 Å². The molecule has 0 saturated heterocycles. The van der Waals surface area contributed by atoms with Gasteiger partial charge in [-0.25, -0.2) is 0 Å². The summed E-state index contributed by atoms with van der Waals surface area (Å²) < 4.78 is 6.36. The summed E-state index contributed by atoms with van der Waals surface area (Å²) in [4.78, 5) is 0. The average Bonchev–Trinajstić information content (AvgIpc) is 2.89. The Morgan fingerprint density at radius 1 is 1.04 bits per heavy atom. The van der Waals surface area contributed by atoms with Gasteiger partial charge in [-0.1, -0.05) is 73.1 Å². The van der Waals surface area contributed by atoms with Crippen LogP contribution >= 0.6 is 0 Å². The zero-order valence-electron chi connectivity index (χ0n) is 19.5. The molecular weight excluding hydrogens is 330 g/mol. The maximum Gasteiger partial charge on any atom is 0.133 e. The van der Waals surface area contributed by atoms with Crippen molar-refractivity contribution in [2.45, 2.75) is 93.5 Å². The van der Waals surface area contributed by atoms with Crippen LogP contribution in [0, 0.1) is 10.8 Å². The smallest absolute Gasteiger partial charge is 0.133 e. The molecule has 154 valence electrons. The first kappa shape index (κ1) is 23.8. The number of allylic oxidation sites excluding steroid dienone is 2. The number of hydrogen-bond donors (Lipinski definition) is 1. The van der Waals surface area contributed by atoms with Crippen LogP contribution in [0.1, 0.15) is 105 Å². The Hall–Kier alpha value is -1.28. The van der Waals surface area contributed by atoms with E-state index in [1.165, 1.54) is 18.4 Å². The first-order chi connectivity index (χ1) is 12.4. The molecular formula is C25H43NO. The summed E-state index contributed by atoms with van der Waals surface area (Å²) in [6, 6.07) is 2.25. The lowest BCUT2D eigenvalue weighted by atomic mass is 9.74. The van der Waals surface area contributed by atoms with Gasteiger partial charge in [0.1, 0.15) is 11.5 Å². The minimum atomic E-state index is 0.0797. The Labute approximate surface area is 168 Å². The Kier molecular flexibility index (Phi) is 8.16. The third-order valence-electron chi connectivity index (χ3n) is 5.18. The highest BCUT2D eigenvalue weighted by molar-refractivity contribution is 5.66. The quantitative estimate of drug-likeness (QED) is 0.553. The third kappa shape index (κ3) is 6.99. The Morgan fingerprint density at radius 2 is 1.63 bits per heavy atom. The molecule has 0 aromatic carbocycles. The molecule has 2 rings (SSSR count). The highest BCUT2D eigenvalue weighted by atomic mass is 16.3. The van der Waals surface area contributed by atoms with Crippen LogP contribution in [0.3, 0.4) is 0 Å². The highest BCUT2D eigenvalue weighted by Gasteiger charge is 2.34. The lowest BCUT2D eigenvalue weighted by Crippen LogP contribution is -2.41. The SMILES string of the molecule is CC.CCCC(C)(C)C(CNC(C)(C)C)c1cc2c(o1)C=CC(C)(C)C=C2. The zero-order valence-corrected chi connectivity index (χ0v) is 19.5. The van der Waals surface area contributed by atoms with E-state index in [2.05, 4.69) is 91.1 Å². The average molecular weight is 374 g/mol. The van der Waals surface area contributed by atoms with Gasteiger partial charge in [0, 0.05) is 29.0 Å². The van der Waals surface area contributed by atoms with Crippen molar-refractivity contribution < 1.29 is 4.42 Å². The molecule has 1 aromatic heterocycles. The molecule has 0 saturated carbocycles. The largest absolute Gasteiger partial charge is 0.461 e. The molecule has 2 nitrogen and oxygen atoms in total. The number of rotatable bonds is 6. The molecule has 1 atom stereocenters. The zero-order chi connectivity index (χ0) is 20.9. The van der Waals surface area contributed by atoms with Gasteiger partial charge < -0.3 is 9.73 Å². The molecule has 27 heavy (non-hydrogen) atoms. The molecule has 0 radical (unpaired) electrons. The van der Waals surface area contributed by atoms with Gasteiger partial charge in [-0.15, -0.1) is 0 Å². The van der Waals surface area contributed by atoms with Crippen molar-refractivity contribution in [2.24, 2.45) is 10.8 Å². The van der Waals surface area contributed by atoms with E-state index < -0.39 is 0 Å². The second-order valence-electron chi connectivity index (χ2n) is 9.88. The van der Waals surface area contributed by atoms with Gasteiger partial charge in [-0.05, 0) is 44.7 Å². The summed E-state index contributed by atoms with van der Waals surface area (Å²) in [5, 5.41) is 3.69. The van der Waals surface area contributed by atoms with Gasteiger partial charge in [0.2, 0.25) is 0 Å². The van der Waals surface area contributed by atoms with E-state index in [0.717, 1.165) is 18.1 Å². The van der Waals surface area contributed by atoms with Gasteiger partial charge in [-0.3, -0.25) is 0 Å². The van der Waals surface area contributed by atoms with Crippen molar-refractivity contribution in [3.05, 3.63) is 35.3 Å². The maximum absolute atomic E-state index is 6.36. The van der Waals surface area contributed by atoms with Crippen LogP contribution in [0.25, 0.3) is 12.2 Å². The van der Waals surface area contributed by atoms with Crippen LogP contribution < -0.4 is 5.32 Å². The van der Waals surface area contributed by atoms with Gasteiger partial charge in [0.05, 0.1) is 0 Å². The summed E-state index contributed by atoms with van der Waals surface area (Å²) in [7, 11) is 0. The second-order valence-corrected chi connectivity index (χ2v) is 9.88. The van der Waals surface area contributed by atoms with Crippen LogP contribution in [0.5, 0.6) is 0 Å². The fraction of sp³-hybridized carbons (Fsp3) is 0.680. The van der Waals surface area contributed by atoms with Gasteiger partial charge in [0.15, 0.2) is 0 Å². The molecule has 2 heteroatoms. The van der Waals surface area contributed by atoms with Crippen LogP contribution in [0.4, 0.5) is 0 Å². The fourth-order valence-corrected chi connectivity index (χ4v) is 3.51. The summed E-state index contributed by atoms with van der Waals surface area (Å²) in [5.41, 5.74) is 1.57. The van der Waals surface area contributed by atoms with Crippen LogP contribution in [-0.2, 0) is 0 Å². The molecule has 1 aliphatic carbocycles. The van der Waals surface area contributed by atoms with Gasteiger partial charge in [0.25, 0.3) is 0 Å². The van der Waals surface area contributed by atoms with Crippen LogP contribution in [0.15, 0.2) is 22.6 Å². The summed E-state index contributed by atoms with van der Waals surface area (Å²) in [5.74, 6) is 2.45. The predicted octanol–water partition coefficient (Wildman–Crippen LogP) is 7.67. The first-order valence-corrected chi connectivity index (χ1v) is 10.7. The maximum atomic E-state index is 6.36. The lowest BCUT2D eigenvalue weighted by Gasteiger charge is -2.35. The first-order valence-electron chi connectivity index (χ1n) is 10.7. The number of hydrogen-bond acceptors (Lipinski definition) is 2. The molecule has 0 fully saturated rings. The molecule has 0 spiro atoms. The second kappa shape index (κ2) is 9.28. The summed E-state index contributed by atoms with van der Waals surface area (Å²) in [6.07, 6.45) is 11.2. The van der Waals surface area contributed by atoms with E-state index in [1.54, 1.807) is 0 Å². The van der Waals surface area contributed by atoms with Crippen molar-refractivity contribution >= 4 is 12.2 Å². The van der Waals surface area contributed by atoms with Crippen molar-refractivity contribution in [3.8, 4) is 0 Å².